The molecule has 1 aromatic heterocycles. The summed E-state index contributed by atoms with van der Waals surface area (Å²) in [5, 5.41) is 9.01. The number of aliphatic carboxylic acids is 1. The first-order chi connectivity index (χ1) is 11.5. The van der Waals surface area contributed by atoms with Crippen molar-refractivity contribution in [1.29, 1.82) is 0 Å². The van der Waals surface area contributed by atoms with Crippen molar-refractivity contribution in [3.63, 3.8) is 0 Å². The van der Waals surface area contributed by atoms with Crippen LogP contribution in [0.15, 0.2) is 34.9 Å². The number of aryl methyl sites for hydroxylation is 1. The number of carboxylic acids is 1. The summed E-state index contributed by atoms with van der Waals surface area (Å²) in [6.07, 6.45) is 1.11. The lowest BCUT2D eigenvalue weighted by atomic mass is 10.1. The summed E-state index contributed by atoms with van der Waals surface area (Å²) in [7, 11) is 0. The summed E-state index contributed by atoms with van der Waals surface area (Å²) < 4.78 is 11.1. The first-order valence-electron chi connectivity index (χ1n) is 7.77. The number of carbonyl (C=O) groups is 2. The highest BCUT2D eigenvalue weighted by molar-refractivity contribution is 5.97. The fourth-order valence-electron chi connectivity index (χ4n) is 2.88. The molecule has 2 aromatic rings. The zero-order valence-electron chi connectivity index (χ0n) is 13.6. The van der Waals surface area contributed by atoms with Gasteiger partial charge in [0.15, 0.2) is 0 Å². The van der Waals surface area contributed by atoms with E-state index in [2.05, 4.69) is 0 Å². The lowest BCUT2D eigenvalue weighted by molar-refractivity contribution is -0.136. The van der Waals surface area contributed by atoms with E-state index in [1.54, 1.807) is 11.8 Å². The predicted molar refractivity (Wildman–Crippen MR) is 86.1 cm³/mol. The van der Waals surface area contributed by atoms with Crippen LogP contribution in [0.25, 0.3) is 0 Å². The Balaban J connectivity index is 1.94. The van der Waals surface area contributed by atoms with Crippen molar-refractivity contribution in [3.05, 3.63) is 53.0 Å². The molecule has 1 aliphatic heterocycles. The smallest absolute Gasteiger partial charge is 0.311 e. The Morgan fingerprint density at radius 2 is 2.08 bits per heavy atom. The topological polar surface area (TPSA) is 80.0 Å². The van der Waals surface area contributed by atoms with Gasteiger partial charge in [0.25, 0.3) is 5.91 Å². The lowest BCUT2D eigenvalue weighted by Crippen LogP contribution is -2.40. The maximum atomic E-state index is 13.1. The summed E-state index contributed by atoms with van der Waals surface area (Å²) in [5.41, 5.74) is 1.90. The van der Waals surface area contributed by atoms with Crippen LogP contribution in [0.4, 0.5) is 0 Å². The number of rotatable bonds is 3. The van der Waals surface area contributed by atoms with Gasteiger partial charge in [-0.05, 0) is 19.9 Å². The van der Waals surface area contributed by atoms with Crippen molar-refractivity contribution >= 4 is 11.9 Å². The molecule has 1 aliphatic rings. The molecule has 24 heavy (non-hydrogen) atoms. The monoisotopic (exact) mass is 329 g/mol. The molecule has 1 aromatic carbocycles. The van der Waals surface area contributed by atoms with Gasteiger partial charge in [-0.15, -0.1) is 0 Å². The lowest BCUT2D eigenvalue weighted by Gasteiger charge is -2.26. The SMILES string of the molecule is Cc1coc(CC(=O)O)c1C(=O)N1Cc2ccccc2OCC1C. The van der Waals surface area contributed by atoms with Crippen LogP contribution >= 0.6 is 0 Å². The van der Waals surface area contributed by atoms with Crippen LogP contribution in [0.1, 0.15) is 34.2 Å². The fourth-order valence-corrected chi connectivity index (χ4v) is 2.88. The zero-order chi connectivity index (χ0) is 17.3. The van der Waals surface area contributed by atoms with Crippen molar-refractivity contribution in [2.24, 2.45) is 0 Å². The van der Waals surface area contributed by atoms with E-state index in [0.29, 0.717) is 24.3 Å². The highest BCUT2D eigenvalue weighted by Gasteiger charge is 2.30. The summed E-state index contributed by atoms with van der Waals surface area (Å²) in [6.45, 7) is 4.45. The highest BCUT2D eigenvalue weighted by Crippen LogP contribution is 2.28. The number of nitrogens with zero attached hydrogens (tertiary/aromatic N) is 1. The van der Waals surface area contributed by atoms with Crippen LogP contribution in [-0.4, -0.2) is 34.5 Å². The quantitative estimate of drug-likeness (QED) is 0.936. The number of hydrogen-bond donors (Lipinski definition) is 1. The summed E-state index contributed by atoms with van der Waals surface area (Å²) in [5.74, 6) is -0.300. The van der Waals surface area contributed by atoms with Gasteiger partial charge in [-0.3, -0.25) is 9.59 Å². The van der Waals surface area contributed by atoms with E-state index in [9.17, 15) is 9.59 Å². The van der Waals surface area contributed by atoms with Crippen LogP contribution in [-0.2, 0) is 17.8 Å². The molecule has 1 amide bonds. The Labute approximate surface area is 139 Å². The van der Waals surface area contributed by atoms with E-state index < -0.39 is 5.97 Å². The highest BCUT2D eigenvalue weighted by atomic mass is 16.5. The molecule has 1 atom stereocenters. The van der Waals surface area contributed by atoms with E-state index in [-0.39, 0.29) is 24.1 Å². The van der Waals surface area contributed by atoms with Gasteiger partial charge in [0.2, 0.25) is 0 Å². The van der Waals surface area contributed by atoms with Gasteiger partial charge in [0.05, 0.1) is 24.4 Å². The molecule has 0 radical (unpaired) electrons. The van der Waals surface area contributed by atoms with E-state index in [1.165, 1.54) is 6.26 Å². The predicted octanol–water partition coefficient (Wildman–Crippen LogP) is 2.64. The van der Waals surface area contributed by atoms with Gasteiger partial charge in [-0.2, -0.15) is 0 Å². The summed E-state index contributed by atoms with van der Waals surface area (Å²) >= 11 is 0. The first kappa shape index (κ1) is 16.1. The molecule has 6 nitrogen and oxygen atoms in total. The number of hydrogen-bond acceptors (Lipinski definition) is 4. The molecular weight excluding hydrogens is 310 g/mol. The average Bonchev–Trinajstić information content (AvgIpc) is 2.80. The first-order valence-corrected chi connectivity index (χ1v) is 7.77. The zero-order valence-corrected chi connectivity index (χ0v) is 13.6. The molecule has 126 valence electrons. The van der Waals surface area contributed by atoms with E-state index >= 15 is 0 Å². The Bertz CT molecular complexity index is 779. The third-order valence-electron chi connectivity index (χ3n) is 4.16. The number of ether oxygens (including phenoxy) is 1. The Kier molecular flexibility index (Phi) is 4.29. The molecule has 1 unspecified atom stereocenters. The molecule has 0 bridgehead atoms. The van der Waals surface area contributed by atoms with Crippen LogP contribution in [0.2, 0.25) is 0 Å². The van der Waals surface area contributed by atoms with Crippen molar-refractivity contribution in [3.8, 4) is 5.75 Å². The molecule has 0 spiro atoms. The van der Waals surface area contributed by atoms with E-state index in [0.717, 1.165) is 11.3 Å². The van der Waals surface area contributed by atoms with Gasteiger partial charge in [0, 0.05) is 11.1 Å². The molecule has 0 saturated carbocycles. The Morgan fingerprint density at radius 3 is 2.83 bits per heavy atom. The second-order valence-electron chi connectivity index (χ2n) is 5.99. The van der Waals surface area contributed by atoms with Crippen LogP contribution in [0.3, 0.4) is 0 Å². The minimum atomic E-state index is -1.03. The largest absolute Gasteiger partial charge is 0.491 e. The third-order valence-corrected chi connectivity index (χ3v) is 4.16. The van der Waals surface area contributed by atoms with E-state index in [4.69, 9.17) is 14.3 Å². The second-order valence-corrected chi connectivity index (χ2v) is 5.99. The minimum Gasteiger partial charge on any atom is -0.491 e. The summed E-state index contributed by atoms with van der Waals surface area (Å²) in [6, 6.07) is 7.46. The molecule has 0 aliphatic carbocycles. The number of furan rings is 1. The second kappa shape index (κ2) is 6.39. The molecular formula is C18H19NO5. The van der Waals surface area contributed by atoms with Crippen molar-refractivity contribution < 1.29 is 23.8 Å². The van der Waals surface area contributed by atoms with Crippen molar-refractivity contribution in [2.45, 2.75) is 32.9 Å². The number of amides is 1. The summed E-state index contributed by atoms with van der Waals surface area (Å²) in [4.78, 5) is 25.8. The van der Waals surface area contributed by atoms with E-state index in [1.807, 2.05) is 31.2 Å². The standard InChI is InChI=1S/C18H19NO5/c1-11-9-23-15(7-16(20)21)17(11)18(22)19-8-13-5-3-4-6-14(13)24-10-12(19)2/h3-6,9,12H,7-8,10H2,1-2H3,(H,20,21). The normalized spacial score (nSPS) is 16.9. The maximum Gasteiger partial charge on any atom is 0.311 e. The van der Waals surface area contributed by atoms with Crippen LogP contribution < -0.4 is 4.74 Å². The van der Waals surface area contributed by atoms with Gasteiger partial charge in [-0.1, -0.05) is 18.2 Å². The number of benzene rings is 1. The molecule has 0 fully saturated rings. The number of fused-ring (bicyclic) bond motifs is 1. The minimum absolute atomic E-state index is 0.142. The van der Waals surface area contributed by atoms with Gasteiger partial charge < -0.3 is 19.2 Å². The molecule has 0 saturated heterocycles. The Hall–Kier alpha value is -2.76. The molecule has 6 heteroatoms. The molecule has 2 heterocycles. The van der Waals surface area contributed by atoms with Crippen LogP contribution in [0, 0.1) is 6.92 Å². The van der Waals surface area contributed by atoms with Crippen molar-refractivity contribution in [1.82, 2.24) is 4.90 Å². The molecule has 3 rings (SSSR count). The number of carbonyl (C=O) groups excluding carboxylic acids is 1. The van der Waals surface area contributed by atoms with Gasteiger partial charge in [-0.25, -0.2) is 0 Å². The van der Waals surface area contributed by atoms with Crippen molar-refractivity contribution in [2.75, 3.05) is 6.61 Å². The van der Waals surface area contributed by atoms with Crippen LogP contribution in [0.5, 0.6) is 5.75 Å². The molecule has 1 N–H and O–H groups in total. The Morgan fingerprint density at radius 1 is 1.33 bits per heavy atom. The fraction of sp³-hybridized carbons (Fsp3) is 0.333. The third kappa shape index (κ3) is 2.99. The number of carboxylic acid groups (broad SMARTS) is 1. The van der Waals surface area contributed by atoms with Gasteiger partial charge >= 0.3 is 5.97 Å². The van der Waals surface area contributed by atoms with Gasteiger partial charge in [0.1, 0.15) is 24.5 Å². The maximum absolute atomic E-state index is 13.1. The average molecular weight is 329 g/mol. The number of para-hydroxylation sites is 1.